The Balaban J connectivity index is 1.97. The lowest BCUT2D eigenvalue weighted by Crippen LogP contribution is -2.30. The molecule has 4 heteroatoms. The van der Waals surface area contributed by atoms with Crippen molar-refractivity contribution < 1.29 is 9.53 Å². The molecule has 2 rings (SSSR count). The first kappa shape index (κ1) is 11.1. The predicted molar refractivity (Wildman–Crippen MR) is 60.2 cm³/mol. The molecule has 4 nitrogen and oxygen atoms in total. The third kappa shape index (κ3) is 2.39. The molecule has 0 spiro atoms. The van der Waals surface area contributed by atoms with Crippen LogP contribution in [0.3, 0.4) is 0 Å². The molecular weight excluding hydrogens is 204 g/mol. The van der Waals surface area contributed by atoms with Crippen LogP contribution in [0.15, 0.2) is 24.4 Å². The van der Waals surface area contributed by atoms with Crippen molar-refractivity contribution in [3.63, 3.8) is 0 Å². The van der Waals surface area contributed by atoms with Gasteiger partial charge in [-0.15, -0.1) is 0 Å². The summed E-state index contributed by atoms with van der Waals surface area (Å²) in [4.78, 5) is 17.9. The Hall–Kier alpha value is -1.42. The van der Waals surface area contributed by atoms with Crippen molar-refractivity contribution in [2.24, 2.45) is 0 Å². The zero-order valence-corrected chi connectivity index (χ0v) is 9.43. The van der Waals surface area contributed by atoms with E-state index in [0.29, 0.717) is 18.8 Å². The fourth-order valence-electron chi connectivity index (χ4n) is 1.94. The first-order valence-corrected chi connectivity index (χ1v) is 5.63. The number of hydrogen-bond donors (Lipinski definition) is 0. The highest BCUT2D eigenvalue weighted by Crippen LogP contribution is 2.14. The number of carbonyl (C=O) groups excluding carboxylic acids is 1. The van der Waals surface area contributed by atoms with E-state index in [1.165, 1.54) is 0 Å². The molecule has 1 atom stereocenters. The number of amides is 1. The molecule has 1 fully saturated rings. The Morgan fingerprint density at radius 1 is 1.62 bits per heavy atom. The molecule has 0 N–H and O–H groups in total. The molecule has 0 radical (unpaired) electrons. The summed E-state index contributed by atoms with van der Waals surface area (Å²) in [7, 11) is 0. The lowest BCUT2D eigenvalue weighted by Gasteiger charge is -2.15. The van der Waals surface area contributed by atoms with Crippen LogP contribution in [-0.4, -0.2) is 41.6 Å². The summed E-state index contributed by atoms with van der Waals surface area (Å²) in [6.45, 7) is 4.13. The van der Waals surface area contributed by atoms with Gasteiger partial charge in [-0.1, -0.05) is 6.07 Å². The zero-order valence-electron chi connectivity index (χ0n) is 9.43. The number of aromatic nitrogens is 1. The Morgan fingerprint density at radius 2 is 2.50 bits per heavy atom. The lowest BCUT2D eigenvalue weighted by atomic mass is 10.3. The van der Waals surface area contributed by atoms with Crippen molar-refractivity contribution in [2.45, 2.75) is 19.4 Å². The number of likely N-dealkylation sites (tertiary alicyclic amines) is 1. The first-order valence-electron chi connectivity index (χ1n) is 5.63. The van der Waals surface area contributed by atoms with Gasteiger partial charge in [-0.05, 0) is 25.5 Å². The number of nitrogens with zero attached hydrogens (tertiary/aromatic N) is 2. The molecule has 0 aromatic carbocycles. The summed E-state index contributed by atoms with van der Waals surface area (Å²) in [5.41, 5.74) is 0.514. The van der Waals surface area contributed by atoms with Crippen molar-refractivity contribution in [1.29, 1.82) is 0 Å². The fourth-order valence-corrected chi connectivity index (χ4v) is 1.94. The molecule has 1 unspecified atom stereocenters. The molecule has 0 aliphatic carbocycles. The van der Waals surface area contributed by atoms with E-state index in [9.17, 15) is 4.79 Å². The molecule has 0 bridgehead atoms. The van der Waals surface area contributed by atoms with E-state index in [1.807, 2.05) is 24.0 Å². The van der Waals surface area contributed by atoms with Crippen LogP contribution in [0.4, 0.5) is 0 Å². The second-order valence-electron chi connectivity index (χ2n) is 3.83. The quantitative estimate of drug-likeness (QED) is 0.771. The Labute approximate surface area is 95.2 Å². The van der Waals surface area contributed by atoms with Crippen molar-refractivity contribution in [3.05, 3.63) is 30.1 Å². The monoisotopic (exact) mass is 220 g/mol. The second-order valence-corrected chi connectivity index (χ2v) is 3.83. The van der Waals surface area contributed by atoms with Crippen LogP contribution in [0.5, 0.6) is 0 Å². The second kappa shape index (κ2) is 5.07. The Bertz CT molecular complexity index is 353. The molecule has 1 saturated heterocycles. The molecule has 86 valence electrons. The molecule has 2 heterocycles. The number of rotatable bonds is 3. The van der Waals surface area contributed by atoms with Crippen LogP contribution in [0, 0.1) is 0 Å². The number of carbonyl (C=O) groups is 1. The van der Waals surface area contributed by atoms with E-state index in [2.05, 4.69) is 4.98 Å². The van der Waals surface area contributed by atoms with Gasteiger partial charge in [-0.2, -0.15) is 0 Å². The van der Waals surface area contributed by atoms with E-state index in [-0.39, 0.29) is 12.0 Å². The van der Waals surface area contributed by atoms with E-state index in [1.54, 1.807) is 12.3 Å². The number of pyridine rings is 1. The molecule has 1 aromatic heterocycles. The Morgan fingerprint density at radius 3 is 3.19 bits per heavy atom. The lowest BCUT2D eigenvalue weighted by molar-refractivity contribution is 0.0595. The first-order chi connectivity index (χ1) is 7.81. The Kier molecular flexibility index (Phi) is 3.51. The highest BCUT2D eigenvalue weighted by molar-refractivity contribution is 5.92. The van der Waals surface area contributed by atoms with Crippen molar-refractivity contribution in [1.82, 2.24) is 9.88 Å². The molecule has 0 saturated carbocycles. The normalized spacial score (nSPS) is 20.1. The van der Waals surface area contributed by atoms with Crippen LogP contribution in [-0.2, 0) is 4.74 Å². The minimum atomic E-state index is 0.00260. The summed E-state index contributed by atoms with van der Waals surface area (Å²) < 4.78 is 5.50. The van der Waals surface area contributed by atoms with E-state index < -0.39 is 0 Å². The van der Waals surface area contributed by atoms with Crippen LogP contribution in [0.25, 0.3) is 0 Å². The fraction of sp³-hybridized carbons (Fsp3) is 0.500. The third-order valence-electron chi connectivity index (χ3n) is 2.72. The van der Waals surface area contributed by atoms with Crippen molar-refractivity contribution in [3.8, 4) is 0 Å². The van der Waals surface area contributed by atoms with Gasteiger partial charge in [-0.25, -0.2) is 0 Å². The van der Waals surface area contributed by atoms with Gasteiger partial charge in [-0.3, -0.25) is 9.78 Å². The predicted octanol–water partition coefficient (Wildman–Crippen LogP) is 1.33. The van der Waals surface area contributed by atoms with E-state index in [4.69, 9.17) is 4.74 Å². The average molecular weight is 220 g/mol. The van der Waals surface area contributed by atoms with E-state index >= 15 is 0 Å². The largest absolute Gasteiger partial charge is 0.377 e. The maximum Gasteiger partial charge on any atom is 0.272 e. The standard InChI is InChI=1S/C12H16N2O2/c1-2-16-10-6-8-14(9-10)12(15)11-5-3-4-7-13-11/h3-5,7,10H,2,6,8-9H2,1H3. The minimum Gasteiger partial charge on any atom is -0.377 e. The number of ether oxygens (including phenoxy) is 1. The highest BCUT2D eigenvalue weighted by Gasteiger charge is 2.27. The summed E-state index contributed by atoms with van der Waals surface area (Å²) in [6.07, 6.45) is 2.76. The molecule has 16 heavy (non-hydrogen) atoms. The van der Waals surface area contributed by atoms with Crippen LogP contribution in [0.1, 0.15) is 23.8 Å². The minimum absolute atomic E-state index is 0.00260. The molecule has 1 aliphatic heterocycles. The number of hydrogen-bond acceptors (Lipinski definition) is 3. The van der Waals surface area contributed by atoms with Gasteiger partial charge < -0.3 is 9.64 Å². The third-order valence-corrected chi connectivity index (χ3v) is 2.72. The van der Waals surface area contributed by atoms with Crippen LogP contribution >= 0.6 is 0 Å². The topological polar surface area (TPSA) is 42.4 Å². The molecular formula is C12H16N2O2. The van der Waals surface area contributed by atoms with Crippen LogP contribution < -0.4 is 0 Å². The highest BCUT2D eigenvalue weighted by atomic mass is 16.5. The average Bonchev–Trinajstić information content (AvgIpc) is 2.78. The van der Waals surface area contributed by atoms with Gasteiger partial charge in [0.1, 0.15) is 5.69 Å². The van der Waals surface area contributed by atoms with Gasteiger partial charge in [0.05, 0.1) is 6.10 Å². The maximum atomic E-state index is 12.0. The van der Waals surface area contributed by atoms with Gasteiger partial charge in [0, 0.05) is 25.9 Å². The van der Waals surface area contributed by atoms with Gasteiger partial charge >= 0.3 is 0 Å². The van der Waals surface area contributed by atoms with Gasteiger partial charge in [0.2, 0.25) is 0 Å². The van der Waals surface area contributed by atoms with Gasteiger partial charge in [0.25, 0.3) is 5.91 Å². The smallest absolute Gasteiger partial charge is 0.272 e. The summed E-state index contributed by atoms with van der Waals surface area (Å²) >= 11 is 0. The SMILES string of the molecule is CCOC1CCN(C(=O)c2ccccn2)C1. The summed E-state index contributed by atoms with van der Waals surface area (Å²) in [5, 5.41) is 0. The zero-order chi connectivity index (χ0) is 11.4. The van der Waals surface area contributed by atoms with Crippen molar-refractivity contribution in [2.75, 3.05) is 19.7 Å². The van der Waals surface area contributed by atoms with Crippen LogP contribution in [0.2, 0.25) is 0 Å². The van der Waals surface area contributed by atoms with Gasteiger partial charge in [0.15, 0.2) is 0 Å². The molecule has 1 aliphatic rings. The van der Waals surface area contributed by atoms with E-state index in [0.717, 1.165) is 13.0 Å². The summed E-state index contributed by atoms with van der Waals surface area (Å²) in [5.74, 6) is 0.00260. The van der Waals surface area contributed by atoms with Crippen molar-refractivity contribution >= 4 is 5.91 Å². The summed E-state index contributed by atoms with van der Waals surface area (Å²) in [6, 6.07) is 5.39. The molecule has 1 amide bonds. The molecule has 1 aromatic rings. The maximum absolute atomic E-state index is 12.0.